The summed E-state index contributed by atoms with van der Waals surface area (Å²) in [5.41, 5.74) is 1.02. The van der Waals surface area contributed by atoms with Crippen LogP contribution in [0.1, 0.15) is 20.3 Å². The normalized spacial score (nSPS) is 30.2. The van der Waals surface area contributed by atoms with Crippen LogP contribution in [0, 0.1) is 0 Å². The van der Waals surface area contributed by atoms with Crippen LogP contribution in [0.2, 0.25) is 0 Å². The van der Waals surface area contributed by atoms with Gasteiger partial charge in [-0.1, -0.05) is 18.6 Å². The molecule has 0 bridgehead atoms. The second-order valence-electron chi connectivity index (χ2n) is 2.67. The van der Waals surface area contributed by atoms with E-state index in [2.05, 4.69) is 0 Å². The van der Waals surface area contributed by atoms with Crippen molar-refractivity contribution in [1.82, 2.24) is 0 Å². The van der Waals surface area contributed by atoms with Crippen LogP contribution in [0.3, 0.4) is 0 Å². The summed E-state index contributed by atoms with van der Waals surface area (Å²) >= 11 is 0. The second-order valence-corrected chi connectivity index (χ2v) is 4.90. The van der Waals surface area contributed by atoms with Gasteiger partial charge in [0.25, 0.3) is 0 Å². The molecule has 1 rings (SSSR count). The van der Waals surface area contributed by atoms with Crippen molar-refractivity contribution >= 4 is 9.84 Å². The minimum absolute atomic E-state index is 0.188. The van der Waals surface area contributed by atoms with E-state index in [9.17, 15) is 8.42 Å². The molecule has 1 heterocycles. The molecular weight excluding hydrogens is 148 g/mol. The average molecular weight is 160 g/mol. The highest BCUT2D eigenvalue weighted by Gasteiger charge is 2.29. The Kier molecular flexibility index (Phi) is 1.86. The topological polar surface area (TPSA) is 34.1 Å². The van der Waals surface area contributed by atoms with Crippen molar-refractivity contribution in [1.29, 1.82) is 0 Å². The molecule has 1 unspecified atom stereocenters. The van der Waals surface area contributed by atoms with Crippen LogP contribution < -0.4 is 0 Å². The largest absolute Gasteiger partial charge is 0.228 e. The van der Waals surface area contributed by atoms with Crippen molar-refractivity contribution in [2.45, 2.75) is 25.5 Å². The molecule has 10 heavy (non-hydrogen) atoms. The molecule has 0 saturated heterocycles. The van der Waals surface area contributed by atoms with E-state index in [0.717, 1.165) is 5.57 Å². The van der Waals surface area contributed by atoms with Crippen LogP contribution in [-0.2, 0) is 9.84 Å². The molecule has 1 atom stereocenters. The monoisotopic (exact) mass is 160 g/mol. The Balaban J connectivity index is 2.95. The highest BCUT2D eigenvalue weighted by atomic mass is 32.2. The maximum absolute atomic E-state index is 11.2. The van der Waals surface area contributed by atoms with Crippen LogP contribution in [-0.4, -0.2) is 19.4 Å². The van der Waals surface area contributed by atoms with Crippen LogP contribution in [0.15, 0.2) is 11.6 Å². The van der Waals surface area contributed by atoms with Crippen molar-refractivity contribution < 1.29 is 8.42 Å². The quantitative estimate of drug-likeness (QED) is 0.539. The first kappa shape index (κ1) is 7.79. The Labute approximate surface area is 61.9 Å². The van der Waals surface area contributed by atoms with Gasteiger partial charge < -0.3 is 0 Å². The third-order valence-electron chi connectivity index (χ3n) is 1.95. The van der Waals surface area contributed by atoms with Gasteiger partial charge >= 0.3 is 0 Å². The summed E-state index contributed by atoms with van der Waals surface area (Å²) in [6, 6.07) is 0. The zero-order chi connectivity index (χ0) is 7.78. The third kappa shape index (κ3) is 1.10. The lowest BCUT2D eigenvalue weighted by molar-refractivity contribution is 0.590. The molecular formula is C7H12O2S. The Morgan fingerprint density at radius 2 is 2.30 bits per heavy atom. The molecule has 2 nitrogen and oxygen atoms in total. The van der Waals surface area contributed by atoms with Gasteiger partial charge in [-0.3, -0.25) is 0 Å². The van der Waals surface area contributed by atoms with Gasteiger partial charge in [0, 0.05) is 0 Å². The zero-order valence-corrected chi connectivity index (χ0v) is 7.11. The molecule has 0 amide bonds. The van der Waals surface area contributed by atoms with Gasteiger partial charge in [-0.15, -0.1) is 0 Å². The molecule has 0 aromatic carbocycles. The summed E-state index contributed by atoms with van der Waals surface area (Å²) in [5, 5.41) is -0.188. The molecule has 0 aromatic rings. The van der Waals surface area contributed by atoms with Gasteiger partial charge in [0.1, 0.15) is 0 Å². The van der Waals surface area contributed by atoms with E-state index in [-0.39, 0.29) is 11.0 Å². The Bertz CT molecular complexity index is 249. The van der Waals surface area contributed by atoms with E-state index < -0.39 is 9.84 Å². The zero-order valence-electron chi connectivity index (χ0n) is 6.29. The summed E-state index contributed by atoms with van der Waals surface area (Å²) in [5.74, 6) is 0.247. The van der Waals surface area contributed by atoms with Crippen molar-refractivity contribution in [2.75, 3.05) is 5.75 Å². The summed E-state index contributed by atoms with van der Waals surface area (Å²) in [6.45, 7) is 3.80. The molecule has 0 saturated carbocycles. The second kappa shape index (κ2) is 2.38. The molecule has 0 N–H and O–H groups in total. The van der Waals surface area contributed by atoms with E-state index in [1.807, 2.05) is 19.9 Å². The van der Waals surface area contributed by atoms with Gasteiger partial charge in [-0.2, -0.15) is 0 Å². The fraction of sp³-hybridized carbons (Fsp3) is 0.714. The number of sulfone groups is 1. The Morgan fingerprint density at radius 3 is 2.50 bits per heavy atom. The van der Waals surface area contributed by atoms with Gasteiger partial charge in [0.05, 0.1) is 11.0 Å². The molecule has 0 fully saturated rings. The van der Waals surface area contributed by atoms with Gasteiger partial charge in [0.15, 0.2) is 9.84 Å². The van der Waals surface area contributed by atoms with Crippen LogP contribution in [0.25, 0.3) is 0 Å². The van der Waals surface area contributed by atoms with E-state index in [4.69, 9.17) is 0 Å². The first-order chi connectivity index (χ1) is 4.58. The standard InChI is InChI=1S/C7H12O2S/c1-3-7-6(2)4-5-10(7,8)9/h4,7H,3,5H2,1-2H3. The highest BCUT2D eigenvalue weighted by molar-refractivity contribution is 7.92. The fourth-order valence-corrected chi connectivity index (χ4v) is 3.25. The maximum atomic E-state index is 11.2. The molecule has 3 heteroatoms. The molecule has 0 aromatic heterocycles. The molecule has 1 aliphatic rings. The average Bonchev–Trinajstić information content (AvgIpc) is 2.07. The smallest absolute Gasteiger partial charge is 0.160 e. The summed E-state index contributed by atoms with van der Waals surface area (Å²) in [6.07, 6.45) is 2.52. The minimum Gasteiger partial charge on any atom is -0.228 e. The Morgan fingerprint density at radius 1 is 1.70 bits per heavy atom. The Hall–Kier alpha value is -0.310. The number of hydrogen-bond acceptors (Lipinski definition) is 2. The van der Waals surface area contributed by atoms with E-state index >= 15 is 0 Å². The van der Waals surface area contributed by atoms with E-state index in [1.54, 1.807) is 0 Å². The maximum Gasteiger partial charge on any atom is 0.160 e. The highest BCUT2D eigenvalue weighted by Crippen LogP contribution is 2.22. The minimum atomic E-state index is -2.78. The molecule has 0 spiro atoms. The van der Waals surface area contributed by atoms with E-state index in [0.29, 0.717) is 6.42 Å². The lowest BCUT2D eigenvalue weighted by Gasteiger charge is -2.06. The van der Waals surface area contributed by atoms with Gasteiger partial charge in [0.2, 0.25) is 0 Å². The first-order valence-electron chi connectivity index (χ1n) is 3.46. The lowest BCUT2D eigenvalue weighted by atomic mass is 10.2. The predicted molar refractivity (Wildman–Crippen MR) is 41.6 cm³/mol. The van der Waals surface area contributed by atoms with Gasteiger partial charge in [-0.25, -0.2) is 8.42 Å². The number of rotatable bonds is 1. The van der Waals surface area contributed by atoms with Gasteiger partial charge in [-0.05, 0) is 13.3 Å². The number of hydrogen-bond donors (Lipinski definition) is 0. The van der Waals surface area contributed by atoms with Crippen molar-refractivity contribution in [3.8, 4) is 0 Å². The molecule has 1 aliphatic heterocycles. The SMILES string of the molecule is CCC1C(C)=CCS1(=O)=O. The lowest BCUT2D eigenvalue weighted by Crippen LogP contribution is -2.17. The fourth-order valence-electron chi connectivity index (χ4n) is 1.35. The van der Waals surface area contributed by atoms with Crippen molar-refractivity contribution in [3.05, 3.63) is 11.6 Å². The first-order valence-corrected chi connectivity index (χ1v) is 5.17. The third-order valence-corrected chi connectivity index (χ3v) is 4.15. The molecule has 58 valence electrons. The predicted octanol–water partition coefficient (Wildman–Crippen LogP) is 1.14. The van der Waals surface area contributed by atoms with E-state index in [1.165, 1.54) is 0 Å². The van der Waals surface area contributed by atoms with Crippen LogP contribution in [0.5, 0.6) is 0 Å². The van der Waals surface area contributed by atoms with Crippen LogP contribution >= 0.6 is 0 Å². The summed E-state index contributed by atoms with van der Waals surface area (Å²) < 4.78 is 22.3. The summed E-state index contributed by atoms with van der Waals surface area (Å²) in [4.78, 5) is 0. The molecule has 0 aliphatic carbocycles. The van der Waals surface area contributed by atoms with Crippen molar-refractivity contribution in [2.24, 2.45) is 0 Å². The van der Waals surface area contributed by atoms with Crippen molar-refractivity contribution in [3.63, 3.8) is 0 Å². The molecule has 0 radical (unpaired) electrons. The van der Waals surface area contributed by atoms with Crippen LogP contribution in [0.4, 0.5) is 0 Å². The summed E-state index contributed by atoms with van der Waals surface area (Å²) in [7, 11) is -2.78.